The van der Waals surface area contributed by atoms with Crippen LogP contribution >= 0.6 is 0 Å². The maximum Gasteiger partial charge on any atom is 0.240 e. The van der Waals surface area contributed by atoms with Gasteiger partial charge in [-0.25, -0.2) is 13.1 Å². The summed E-state index contributed by atoms with van der Waals surface area (Å²) < 4.78 is 32.3. The summed E-state index contributed by atoms with van der Waals surface area (Å²) in [4.78, 5) is 13.3. The molecule has 21 heavy (non-hydrogen) atoms. The first-order chi connectivity index (χ1) is 9.83. The van der Waals surface area contributed by atoms with Crippen LogP contribution in [0.3, 0.4) is 0 Å². The monoisotopic (exact) mass is 312 g/mol. The first kappa shape index (κ1) is 15.8. The molecule has 1 heterocycles. The quantitative estimate of drug-likeness (QED) is 0.871. The van der Waals surface area contributed by atoms with E-state index in [4.69, 9.17) is 4.74 Å². The maximum absolute atomic E-state index is 12.3. The van der Waals surface area contributed by atoms with Crippen LogP contribution in [-0.2, 0) is 14.8 Å². The lowest BCUT2D eigenvalue weighted by molar-refractivity contribution is -0.126. The third-order valence-corrected chi connectivity index (χ3v) is 5.24. The van der Waals surface area contributed by atoms with Crippen LogP contribution in [0.5, 0.6) is 5.75 Å². The van der Waals surface area contributed by atoms with Crippen LogP contribution in [0.4, 0.5) is 0 Å². The number of hydrogen-bond acceptors (Lipinski definition) is 4. The lowest BCUT2D eigenvalue weighted by Gasteiger charge is -2.13. The van der Waals surface area contributed by atoms with Crippen molar-refractivity contribution in [1.29, 1.82) is 0 Å². The number of likely N-dealkylation sites (tertiary alicyclic amines) is 1. The number of nitrogens with zero attached hydrogens (tertiary/aromatic N) is 1. The molecule has 1 aliphatic rings. The number of aryl methyl sites for hydroxylation is 1. The van der Waals surface area contributed by atoms with Gasteiger partial charge < -0.3 is 9.64 Å². The summed E-state index contributed by atoms with van der Waals surface area (Å²) in [6, 6.07) is 4.83. The van der Waals surface area contributed by atoms with Crippen molar-refractivity contribution in [3.63, 3.8) is 0 Å². The molecule has 1 N–H and O–H groups in total. The normalized spacial score (nSPS) is 19.1. The molecule has 1 aromatic rings. The number of sulfonamides is 1. The second-order valence-electron chi connectivity index (χ2n) is 5.33. The van der Waals surface area contributed by atoms with Crippen LogP contribution in [-0.4, -0.2) is 46.5 Å². The molecule has 1 aromatic carbocycles. The van der Waals surface area contributed by atoms with E-state index >= 15 is 0 Å². The molecule has 0 saturated carbocycles. The number of carbonyl (C=O) groups excluding carboxylic acids is 1. The summed E-state index contributed by atoms with van der Waals surface area (Å²) in [7, 11) is -0.311. The number of hydrogen-bond donors (Lipinski definition) is 1. The van der Waals surface area contributed by atoms with Crippen LogP contribution < -0.4 is 9.46 Å². The zero-order valence-electron chi connectivity index (χ0n) is 12.4. The van der Waals surface area contributed by atoms with E-state index in [-0.39, 0.29) is 23.3 Å². The Morgan fingerprint density at radius 3 is 2.67 bits per heavy atom. The van der Waals surface area contributed by atoms with Gasteiger partial charge >= 0.3 is 0 Å². The molecule has 7 heteroatoms. The van der Waals surface area contributed by atoms with E-state index in [9.17, 15) is 13.2 Å². The molecule has 1 unspecified atom stereocenters. The number of methoxy groups -OCH3 is 1. The van der Waals surface area contributed by atoms with Gasteiger partial charge in [0.25, 0.3) is 0 Å². The van der Waals surface area contributed by atoms with Crippen LogP contribution in [0.25, 0.3) is 0 Å². The van der Waals surface area contributed by atoms with Gasteiger partial charge in [-0.1, -0.05) is 0 Å². The highest BCUT2D eigenvalue weighted by Crippen LogP contribution is 2.21. The second-order valence-corrected chi connectivity index (χ2v) is 7.06. The van der Waals surface area contributed by atoms with Gasteiger partial charge in [0.05, 0.1) is 12.0 Å². The second kappa shape index (κ2) is 6.03. The highest BCUT2D eigenvalue weighted by molar-refractivity contribution is 7.89. The van der Waals surface area contributed by atoms with E-state index in [1.54, 1.807) is 31.0 Å². The number of nitrogens with one attached hydrogen (secondary N) is 1. The third kappa shape index (κ3) is 3.54. The van der Waals surface area contributed by atoms with Gasteiger partial charge in [0.2, 0.25) is 15.9 Å². The number of ether oxygens (including phenoxy) is 1. The van der Waals surface area contributed by atoms with Crippen molar-refractivity contribution in [3.8, 4) is 5.75 Å². The Balaban J connectivity index is 2.07. The SMILES string of the molecule is COc1ccc(S(=O)(=O)NCC2CC(=O)N(C)C2)c(C)c1. The van der Waals surface area contributed by atoms with Crippen molar-refractivity contribution in [2.45, 2.75) is 18.2 Å². The summed E-state index contributed by atoms with van der Waals surface area (Å²) in [5.41, 5.74) is 0.626. The minimum Gasteiger partial charge on any atom is -0.497 e. The number of rotatable bonds is 5. The number of amides is 1. The van der Waals surface area contributed by atoms with Gasteiger partial charge in [-0.15, -0.1) is 0 Å². The summed E-state index contributed by atoms with van der Waals surface area (Å²) in [5.74, 6) is 0.699. The molecule has 1 saturated heterocycles. The Hall–Kier alpha value is -1.60. The fourth-order valence-corrected chi connectivity index (χ4v) is 3.79. The number of benzene rings is 1. The van der Waals surface area contributed by atoms with Crippen LogP contribution in [0, 0.1) is 12.8 Å². The van der Waals surface area contributed by atoms with Gasteiger partial charge in [-0.2, -0.15) is 0 Å². The highest BCUT2D eigenvalue weighted by atomic mass is 32.2. The molecule has 2 rings (SSSR count). The van der Waals surface area contributed by atoms with Gasteiger partial charge in [0, 0.05) is 26.6 Å². The predicted molar refractivity (Wildman–Crippen MR) is 78.7 cm³/mol. The molecule has 1 fully saturated rings. The van der Waals surface area contributed by atoms with Crippen molar-refractivity contribution in [2.24, 2.45) is 5.92 Å². The molecule has 1 amide bonds. The summed E-state index contributed by atoms with van der Waals surface area (Å²) in [6.45, 7) is 2.58. The fraction of sp³-hybridized carbons (Fsp3) is 0.500. The Bertz CT molecular complexity index is 642. The van der Waals surface area contributed by atoms with Crippen LogP contribution in [0.2, 0.25) is 0 Å². The van der Waals surface area contributed by atoms with Crippen LogP contribution in [0.1, 0.15) is 12.0 Å². The standard InChI is InChI=1S/C14H20N2O4S/c1-10-6-12(20-3)4-5-13(10)21(18,19)15-8-11-7-14(17)16(2)9-11/h4-6,11,15H,7-9H2,1-3H3. The van der Waals surface area contributed by atoms with Gasteiger partial charge in [-0.3, -0.25) is 4.79 Å². The minimum atomic E-state index is -3.57. The van der Waals surface area contributed by atoms with Crippen molar-refractivity contribution < 1.29 is 17.9 Å². The van der Waals surface area contributed by atoms with Crippen molar-refractivity contribution >= 4 is 15.9 Å². The number of carbonyl (C=O) groups is 1. The van der Waals surface area contributed by atoms with Crippen molar-refractivity contribution in [2.75, 3.05) is 27.2 Å². The van der Waals surface area contributed by atoms with E-state index < -0.39 is 10.0 Å². The average Bonchev–Trinajstić information content (AvgIpc) is 2.75. The predicted octanol–water partition coefficient (Wildman–Crippen LogP) is 0.760. The van der Waals surface area contributed by atoms with E-state index in [2.05, 4.69) is 4.72 Å². The maximum atomic E-state index is 12.3. The largest absolute Gasteiger partial charge is 0.497 e. The van der Waals surface area contributed by atoms with Gasteiger partial charge in [0.1, 0.15) is 5.75 Å². The lowest BCUT2D eigenvalue weighted by Crippen LogP contribution is -2.31. The Labute approximate surface area is 125 Å². The van der Waals surface area contributed by atoms with E-state index in [1.807, 2.05) is 0 Å². The fourth-order valence-electron chi connectivity index (χ4n) is 2.45. The summed E-state index contributed by atoms with van der Waals surface area (Å²) >= 11 is 0. The van der Waals surface area contributed by atoms with Gasteiger partial charge in [0.15, 0.2) is 0 Å². The van der Waals surface area contributed by atoms with Gasteiger partial charge in [-0.05, 0) is 36.6 Å². The summed E-state index contributed by atoms with van der Waals surface area (Å²) in [5, 5.41) is 0. The Kier molecular flexibility index (Phi) is 4.53. The lowest BCUT2D eigenvalue weighted by atomic mass is 10.1. The molecule has 0 aromatic heterocycles. The Morgan fingerprint density at radius 2 is 2.14 bits per heavy atom. The molecule has 1 aliphatic heterocycles. The molecular formula is C14H20N2O4S. The molecule has 0 radical (unpaired) electrons. The molecule has 1 atom stereocenters. The van der Waals surface area contributed by atoms with Crippen molar-refractivity contribution in [1.82, 2.24) is 9.62 Å². The first-order valence-corrected chi connectivity index (χ1v) is 8.20. The zero-order chi connectivity index (χ0) is 15.6. The van der Waals surface area contributed by atoms with E-state index in [1.165, 1.54) is 13.2 Å². The first-order valence-electron chi connectivity index (χ1n) is 6.72. The van der Waals surface area contributed by atoms with Crippen LogP contribution in [0.15, 0.2) is 23.1 Å². The van der Waals surface area contributed by atoms with E-state index in [0.29, 0.717) is 24.3 Å². The summed E-state index contributed by atoms with van der Waals surface area (Å²) in [6.07, 6.45) is 0.389. The molecule has 0 bridgehead atoms. The molecule has 0 aliphatic carbocycles. The average molecular weight is 312 g/mol. The highest BCUT2D eigenvalue weighted by Gasteiger charge is 2.28. The smallest absolute Gasteiger partial charge is 0.240 e. The molecular weight excluding hydrogens is 292 g/mol. The minimum absolute atomic E-state index is 0.0239. The molecule has 116 valence electrons. The molecule has 6 nitrogen and oxygen atoms in total. The zero-order valence-corrected chi connectivity index (χ0v) is 13.2. The third-order valence-electron chi connectivity index (χ3n) is 3.65. The molecule has 0 spiro atoms. The topological polar surface area (TPSA) is 75.7 Å². The van der Waals surface area contributed by atoms with Crippen molar-refractivity contribution in [3.05, 3.63) is 23.8 Å². The Morgan fingerprint density at radius 1 is 1.43 bits per heavy atom. The van der Waals surface area contributed by atoms with E-state index in [0.717, 1.165) is 0 Å².